The maximum atomic E-state index is 12.3. The molecule has 238 valence electrons. The number of carboxylic acids is 2. The van der Waals surface area contributed by atoms with Gasteiger partial charge in [-0.25, -0.2) is 9.59 Å². The van der Waals surface area contributed by atoms with Gasteiger partial charge in [0.1, 0.15) is 18.2 Å². The highest BCUT2D eigenvalue weighted by Gasteiger charge is 2.35. The van der Waals surface area contributed by atoms with E-state index in [0.717, 1.165) is 18.7 Å². The van der Waals surface area contributed by atoms with Crippen LogP contribution in [0.25, 0.3) is 0 Å². The summed E-state index contributed by atoms with van der Waals surface area (Å²) in [5, 5.41) is 37.6. The van der Waals surface area contributed by atoms with Gasteiger partial charge in [-0.1, -0.05) is 25.6 Å². The van der Waals surface area contributed by atoms with Crippen molar-refractivity contribution in [1.29, 1.82) is 0 Å². The third-order valence-corrected chi connectivity index (χ3v) is 6.49. The fourth-order valence-electron chi connectivity index (χ4n) is 3.21. The summed E-state index contributed by atoms with van der Waals surface area (Å²) in [5.74, 6) is -5.43. The van der Waals surface area contributed by atoms with Crippen LogP contribution < -0.4 is 21.3 Å². The summed E-state index contributed by atoms with van der Waals surface area (Å²) in [7, 11) is 0. The lowest BCUT2D eigenvalue weighted by Gasteiger charge is -2.29. The van der Waals surface area contributed by atoms with Crippen LogP contribution in [0.1, 0.15) is 59.8 Å². The minimum Gasteiger partial charge on any atom is -0.480 e. The highest BCUT2D eigenvalue weighted by molar-refractivity contribution is 8.13. The van der Waals surface area contributed by atoms with E-state index >= 15 is 0 Å². The van der Waals surface area contributed by atoms with Crippen LogP contribution in [0.5, 0.6) is 0 Å². The number of thioether (sulfide) groups is 1. The Balaban J connectivity index is 4.31. The number of ether oxygens (including phenoxy) is 1. The SMILES string of the molecule is CC(=O)N[C@@H](CCC(=O)OCC(C)(C)[C@@H](O)C(=O)NCCC(=O)NCCSC(=O)CC[C@H](NC(C)=O)C(=O)O)C(=O)O. The number of nitrogens with one attached hydrogen (secondary N) is 4. The molecule has 0 heterocycles. The van der Waals surface area contributed by atoms with Crippen molar-refractivity contribution in [2.24, 2.45) is 5.41 Å². The van der Waals surface area contributed by atoms with Crippen molar-refractivity contribution < 1.29 is 58.4 Å². The molecular weight excluding hydrogens is 580 g/mol. The van der Waals surface area contributed by atoms with Crippen LogP contribution in [0.3, 0.4) is 0 Å². The molecule has 0 rings (SSSR count). The van der Waals surface area contributed by atoms with Gasteiger partial charge >= 0.3 is 17.9 Å². The van der Waals surface area contributed by atoms with E-state index in [2.05, 4.69) is 21.3 Å². The molecule has 7 N–H and O–H groups in total. The maximum absolute atomic E-state index is 12.3. The third kappa shape index (κ3) is 17.2. The monoisotopic (exact) mass is 620 g/mol. The summed E-state index contributed by atoms with van der Waals surface area (Å²) in [6, 6.07) is -2.43. The van der Waals surface area contributed by atoms with Crippen LogP contribution in [-0.2, 0) is 43.1 Å². The molecule has 0 aliphatic carbocycles. The van der Waals surface area contributed by atoms with Crippen molar-refractivity contribution in [3.8, 4) is 0 Å². The number of carboxylic acid groups (broad SMARTS) is 2. The van der Waals surface area contributed by atoms with Crippen molar-refractivity contribution in [1.82, 2.24) is 21.3 Å². The van der Waals surface area contributed by atoms with Crippen LogP contribution >= 0.6 is 11.8 Å². The molecule has 17 heteroatoms. The molecule has 0 fully saturated rings. The number of hydrogen-bond acceptors (Lipinski definition) is 11. The molecule has 0 aromatic carbocycles. The van der Waals surface area contributed by atoms with E-state index in [9.17, 15) is 43.5 Å². The Bertz CT molecular complexity index is 1000. The molecule has 0 spiro atoms. The average molecular weight is 621 g/mol. The molecule has 0 aliphatic rings. The predicted molar refractivity (Wildman–Crippen MR) is 148 cm³/mol. The zero-order chi connectivity index (χ0) is 32.5. The zero-order valence-electron chi connectivity index (χ0n) is 24.0. The number of amides is 4. The van der Waals surface area contributed by atoms with Crippen LogP contribution in [0, 0.1) is 5.41 Å². The van der Waals surface area contributed by atoms with Gasteiger partial charge in [0.2, 0.25) is 23.6 Å². The lowest BCUT2D eigenvalue weighted by atomic mass is 9.87. The van der Waals surface area contributed by atoms with Gasteiger partial charge in [0.15, 0.2) is 5.12 Å². The fraction of sp³-hybridized carbons (Fsp3) is 0.680. The molecule has 0 aromatic rings. The minimum absolute atomic E-state index is 0.0644. The standard InChI is InChI=1S/C25H40N4O12S/c1-14(30)28-16(23(37)38)5-7-19(33)41-13-25(3,4)21(35)22(36)27-10-9-18(32)26-11-12-42-20(34)8-6-17(24(39)40)29-15(2)31/h16-17,21,35H,5-13H2,1-4H3,(H,26,32)(H,27,36)(H,28,30)(H,29,31)(H,37,38)(H,39,40)/t16-,17-,21-/m0/s1. The molecule has 0 aliphatic heterocycles. The Morgan fingerprint density at radius 1 is 0.786 bits per heavy atom. The van der Waals surface area contributed by atoms with Gasteiger partial charge in [-0.2, -0.15) is 0 Å². The van der Waals surface area contributed by atoms with E-state index in [4.69, 9.17) is 14.9 Å². The first-order valence-electron chi connectivity index (χ1n) is 13.0. The number of esters is 1. The Kier molecular flexibility index (Phi) is 17.7. The van der Waals surface area contributed by atoms with E-state index in [1.165, 1.54) is 20.8 Å². The summed E-state index contributed by atoms with van der Waals surface area (Å²) in [6.07, 6.45) is -2.40. The molecule has 0 aromatic heterocycles. The van der Waals surface area contributed by atoms with Gasteiger partial charge in [0.25, 0.3) is 0 Å². The van der Waals surface area contributed by atoms with E-state index < -0.39 is 65.1 Å². The number of carbonyl (C=O) groups excluding carboxylic acids is 6. The van der Waals surface area contributed by atoms with Crippen LogP contribution in [0.15, 0.2) is 0 Å². The quantitative estimate of drug-likeness (QED) is 0.0607. The smallest absolute Gasteiger partial charge is 0.326 e. The average Bonchev–Trinajstić information content (AvgIpc) is 2.88. The van der Waals surface area contributed by atoms with Crippen molar-refractivity contribution >= 4 is 58.4 Å². The molecule has 0 unspecified atom stereocenters. The summed E-state index contributed by atoms with van der Waals surface area (Å²) in [6.45, 7) is 4.91. The Morgan fingerprint density at radius 3 is 1.81 bits per heavy atom. The van der Waals surface area contributed by atoms with Crippen LogP contribution in [0.2, 0.25) is 0 Å². The second kappa shape index (κ2) is 19.4. The highest BCUT2D eigenvalue weighted by atomic mass is 32.2. The Hall–Kier alpha value is -3.73. The summed E-state index contributed by atoms with van der Waals surface area (Å²) in [5.41, 5.74) is -1.22. The van der Waals surface area contributed by atoms with Gasteiger partial charge in [0.05, 0.1) is 6.61 Å². The second-order valence-electron chi connectivity index (χ2n) is 9.92. The van der Waals surface area contributed by atoms with E-state index in [1.54, 1.807) is 0 Å². The van der Waals surface area contributed by atoms with E-state index in [1.807, 2.05) is 0 Å². The van der Waals surface area contributed by atoms with Gasteiger partial charge in [-0.3, -0.25) is 28.8 Å². The topological polar surface area (TPSA) is 255 Å². The second-order valence-corrected chi connectivity index (χ2v) is 11.1. The van der Waals surface area contributed by atoms with E-state index in [-0.39, 0.29) is 62.7 Å². The van der Waals surface area contributed by atoms with Crippen molar-refractivity contribution in [3.63, 3.8) is 0 Å². The lowest BCUT2D eigenvalue weighted by molar-refractivity contribution is -0.154. The molecule has 0 saturated carbocycles. The van der Waals surface area contributed by atoms with E-state index in [0.29, 0.717) is 0 Å². The number of aliphatic carboxylic acids is 2. The molecule has 3 atom stereocenters. The van der Waals surface area contributed by atoms with Crippen LogP contribution in [0.4, 0.5) is 0 Å². The number of aliphatic hydroxyl groups excluding tert-OH is 1. The molecule has 0 bridgehead atoms. The normalized spacial score (nSPS) is 13.1. The van der Waals surface area contributed by atoms with Crippen molar-refractivity contribution in [3.05, 3.63) is 0 Å². The maximum Gasteiger partial charge on any atom is 0.326 e. The first kappa shape index (κ1) is 38.3. The number of hydrogen-bond donors (Lipinski definition) is 7. The number of carbonyl (C=O) groups is 8. The van der Waals surface area contributed by atoms with Crippen molar-refractivity contribution in [2.75, 3.05) is 25.4 Å². The molecule has 0 radical (unpaired) electrons. The predicted octanol–water partition coefficient (Wildman–Crippen LogP) is -1.46. The van der Waals surface area contributed by atoms with Gasteiger partial charge in [-0.15, -0.1) is 0 Å². The third-order valence-electron chi connectivity index (χ3n) is 5.56. The number of rotatable bonds is 20. The zero-order valence-corrected chi connectivity index (χ0v) is 24.8. The molecule has 16 nitrogen and oxygen atoms in total. The van der Waals surface area contributed by atoms with Crippen LogP contribution in [-0.4, -0.2) is 106 Å². The summed E-state index contributed by atoms with van der Waals surface area (Å²) < 4.78 is 5.06. The summed E-state index contributed by atoms with van der Waals surface area (Å²) >= 11 is 0.900. The molecule has 4 amide bonds. The first-order chi connectivity index (χ1) is 19.5. The Labute approximate surface area is 247 Å². The first-order valence-corrected chi connectivity index (χ1v) is 14.0. The largest absolute Gasteiger partial charge is 0.480 e. The summed E-state index contributed by atoms with van der Waals surface area (Å²) in [4.78, 5) is 92.5. The molecule has 0 saturated heterocycles. The van der Waals surface area contributed by atoms with Gasteiger partial charge in [0, 0.05) is 57.4 Å². The van der Waals surface area contributed by atoms with Crippen molar-refractivity contribution in [2.45, 2.75) is 78.0 Å². The fourth-order valence-corrected chi connectivity index (χ4v) is 3.91. The van der Waals surface area contributed by atoms with Gasteiger partial charge in [-0.05, 0) is 12.8 Å². The minimum atomic E-state index is -1.60. The number of aliphatic hydroxyl groups is 1. The molecule has 42 heavy (non-hydrogen) atoms. The Morgan fingerprint density at radius 2 is 1.31 bits per heavy atom. The highest BCUT2D eigenvalue weighted by Crippen LogP contribution is 2.22. The molecular formula is C25H40N4O12S. The van der Waals surface area contributed by atoms with Gasteiger partial charge < -0.3 is 41.3 Å². The lowest BCUT2D eigenvalue weighted by Crippen LogP contribution is -2.47.